The summed E-state index contributed by atoms with van der Waals surface area (Å²) >= 11 is 0. The van der Waals surface area contributed by atoms with Crippen LogP contribution in [-0.2, 0) is 4.79 Å². The van der Waals surface area contributed by atoms with Crippen molar-refractivity contribution in [2.45, 2.75) is 39.7 Å². The minimum absolute atomic E-state index is 0.0272. The molecule has 0 fully saturated rings. The van der Waals surface area contributed by atoms with Crippen LogP contribution in [0.4, 0.5) is 4.79 Å². The second-order valence-electron chi connectivity index (χ2n) is 4.76. The molecule has 0 saturated carbocycles. The minimum Gasteiger partial charge on any atom is -0.481 e. The van der Waals surface area contributed by atoms with E-state index in [1.165, 1.54) is 0 Å². The van der Waals surface area contributed by atoms with Gasteiger partial charge in [0.15, 0.2) is 0 Å². The summed E-state index contributed by atoms with van der Waals surface area (Å²) in [7, 11) is 1.71. The Morgan fingerprint density at radius 3 is 2.06 bits per heavy atom. The van der Waals surface area contributed by atoms with E-state index >= 15 is 0 Å². The minimum atomic E-state index is -0.888. The van der Waals surface area contributed by atoms with E-state index in [1.54, 1.807) is 16.8 Å². The fourth-order valence-electron chi connectivity index (χ4n) is 1.27. The van der Waals surface area contributed by atoms with E-state index in [1.807, 2.05) is 27.7 Å². The second kappa shape index (κ2) is 5.72. The van der Waals surface area contributed by atoms with E-state index in [-0.39, 0.29) is 24.5 Å². The van der Waals surface area contributed by atoms with Crippen molar-refractivity contribution >= 4 is 12.0 Å². The first-order chi connectivity index (χ1) is 7.20. The van der Waals surface area contributed by atoms with Gasteiger partial charge in [-0.3, -0.25) is 4.79 Å². The normalized spacial score (nSPS) is 11.1. The lowest BCUT2D eigenvalue weighted by Crippen LogP contribution is -2.51. The monoisotopic (exact) mass is 230 g/mol. The zero-order chi connectivity index (χ0) is 12.9. The van der Waals surface area contributed by atoms with Gasteiger partial charge in [0, 0.05) is 25.7 Å². The van der Waals surface area contributed by atoms with E-state index in [0.29, 0.717) is 6.54 Å². The van der Waals surface area contributed by atoms with Gasteiger partial charge in [0.1, 0.15) is 0 Å². The average Bonchev–Trinajstić information content (AvgIpc) is 2.13. The summed E-state index contributed by atoms with van der Waals surface area (Å²) in [5, 5.41) is 8.65. The van der Waals surface area contributed by atoms with Gasteiger partial charge >= 0.3 is 12.0 Å². The van der Waals surface area contributed by atoms with Gasteiger partial charge in [-0.15, -0.1) is 0 Å². The van der Waals surface area contributed by atoms with Crippen LogP contribution in [0.3, 0.4) is 0 Å². The van der Waals surface area contributed by atoms with Gasteiger partial charge in [-0.25, -0.2) is 4.79 Å². The molecule has 0 atom stereocenters. The molecule has 16 heavy (non-hydrogen) atoms. The van der Waals surface area contributed by atoms with E-state index in [0.717, 1.165) is 0 Å². The van der Waals surface area contributed by atoms with Gasteiger partial charge in [0.05, 0.1) is 6.42 Å². The van der Waals surface area contributed by atoms with E-state index < -0.39 is 5.97 Å². The Hall–Kier alpha value is -1.26. The predicted molar refractivity (Wildman–Crippen MR) is 62.4 cm³/mol. The van der Waals surface area contributed by atoms with Crippen molar-refractivity contribution in [2.75, 3.05) is 20.1 Å². The lowest BCUT2D eigenvalue weighted by Gasteiger charge is -2.37. The Bertz CT molecular complexity index is 258. The molecule has 0 aromatic carbocycles. The lowest BCUT2D eigenvalue weighted by molar-refractivity contribution is -0.137. The molecule has 0 saturated heterocycles. The van der Waals surface area contributed by atoms with Crippen molar-refractivity contribution in [3.8, 4) is 0 Å². The number of aliphatic carboxylic acids is 1. The van der Waals surface area contributed by atoms with Crippen molar-refractivity contribution in [3.63, 3.8) is 0 Å². The topological polar surface area (TPSA) is 60.9 Å². The summed E-state index contributed by atoms with van der Waals surface area (Å²) in [6.07, 6.45) is -0.0272. The van der Waals surface area contributed by atoms with Crippen molar-refractivity contribution < 1.29 is 14.7 Å². The standard InChI is InChI=1S/C11H22N2O3/c1-6-12(5)10(16)13(11(2,3)4)8-7-9(14)15/h6-8H2,1-5H3,(H,14,15). The molecule has 0 unspecified atom stereocenters. The van der Waals surface area contributed by atoms with Crippen LogP contribution in [0.2, 0.25) is 0 Å². The molecule has 5 heteroatoms. The number of hydrogen-bond donors (Lipinski definition) is 1. The molecule has 0 aliphatic rings. The van der Waals surface area contributed by atoms with Gasteiger partial charge in [0.25, 0.3) is 0 Å². The Morgan fingerprint density at radius 1 is 1.25 bits per heavy atom. The number of carbonyl (C=O) groups is 2. The van der Waals surface area contributed by atoms with Crippen LogP contribution in [-0.4, -0.2) is 52.6 Å². The number of carboxylic acid groups (broad SMARTS) is 1. The number of amides is 2. The summed E-state index contributed by atoms with van der Waals surface area (Å²) in [5.41, 5.74) is -0.365. The molecule has 0 bridgehead atoms. The molecule has 5 nitrogen and oxygen atoms in total. The highest BCUT2D eigenvalue weighted by molar-refractivity contribution is 5.76. The lowest BCUT2D eigenvalue weighted by atomic mass is 10.1. The Morgan fingerprint density at radius 2 is 1.75 bits per heavy atom. The number of rotatable bonds is 4. The Kier molecular flexibility index (Phi) is 5.27. The van der Waals surface area contributed by atoms with Gasteiger partial charge in [-0.1, -0.05) is 0 Å². The number of carboxylic acids is 1. The van der Waals surface area contributed by atoms with Gasteiger partial charge in [-0.05, 0) is 27.7 Å². The van der Waals surface area contributed by atoms with Crippen molar-refractivity contribution in [3.05, 3.63) is 0 Å². The molecule has 0 heterocycles. The Labute approximate surface area is 97.0 Å². The molecular weight excluding hydrogens is 208 g/mol. The third-order valence-electron chi connectivity index (χ3n) is 2.39. The van der Waals surface area contributed by atoms with Crippen LogP contribution in [0, 0.1) is 0 Å². The first-order valence-corrected chi connectivity index (χ1v) is 5.44. The highest BCUT2D eigenvalue weighted by Gasteiger charge is 2.28. The highest BCUT2D eigenvalue weighted by Crippen LogP contribution is 2.15. The van der Waals surface area contributed by atoms with Crippen molar-refractivity contribution in [1.29, 1.82) is 0 Å². The fourth-order valence-corrected chi connectivity index (χ4v) is 1.27. The summed E-state index contributed by atoms with van der Waals surface area (Å²) in [4.78, 5) is 25.7. The smallest absolute Gasteiger partial charge is 0.320 e. The quantitative estimate of drug-likeness (QED) is 0.798. The molecule has 94 valence electrons. The summed E-state index contributed by atoms with van der Waals surface area (Å²) in [6, 6.07) is -0.128. The average molecular weight is 230 g/mol. The van der Waals surface area contributed by atoms with Crippen molar-refractivity contribution in [2.24, 2.45) is 0 Å². The summed E-state index contributed by atoms with van der Waals surface area (Å²) in [6.45, 7) is 8.43. The molecule has 0 aliphatic carbocycles. The maximum absolute atomic E-state index is 12.0. The maximum atomic E-state index is 12.0. The van der Waals surface area contributed by atoms with Crippen LogP contribution in [0.5, 0.6) is 0 Å². The molecule has 1 N–H and O–H groups in total. The number of carbonyl (C=O) groups excluding carboxylic acids is 1. The first-order valence-electron chi connectivity index (χ1n) is 5.44. The molecule has 0 aliphatic heterocycles. The van der Waals surface area contributed by atoms with Crippen LogP contribution < -0.4 is 0 Å². The van der Waals surface area contributed by atoms with Crippen LogP contribution >= 0.6 is 0 Å². The van der Waals surface area contributed by atoms with Gasteiger partial charge < -0.3 is 14.9 Å². The first kappa shape index (κ1) is 14.7. The van der Waals surface area contributed by atoms with Crippen LogP contribution in [0.15, 0.2) is 0 Å². The zero-order valence-electron chi connectivity index (χ0n) is 10.8. The third-order valence-corrected chi connectivity index (χ3v) is 2.39. The SMILES string of the molecule is CCN(C)C(=O)N(CCC(=O)O)C(C)(C)C. The van der Waals surface area contributed by atoms with Gasteiger partial charge in [0.2, 0.25) is 0 Å². The van der Waals surface area contributed by atoms with E-state index in [9.17, 15) is 9.59 Å². The molecule has 2 amide bonds. The molecule has 0 aromatic rings. The van der Waals surface area contributed by atoms with Crippen LogP contribution in [0.1, 0.15) is 34.1 Å². The molecule has 0 spiro atoms. The second-order valence-corrected chi connectivity index (χ2v) is 4.76. The van der Waals surface area contributed by atoms with Crippen molar-refractivity contribution in [1.82, 2.24) is 9.80 Å². The molecule has 0 aromatic heterocycles. The number of hydrogen-bond acceptors (Lipinski definition) is 2. The molecule has 0 rings (SSSR count). The third kappa shape index (κ3) is 4.51. The molecule has 0 radical (unpaired) electrons. The van der Waals surface area contributed by atoms with Crippen LogP contribution in [0.25, 0.3) is 0 Å². The predicted octanol–water partition coefficient (Wildman–Crippen LogP) is 1.63. The largest absolute Gasteiger partial charge is 0.481 e. The van der Waals surface area contributed by atoms with Gasteiger partial charge in [-0.2, -0.15) is 0 Å². The number of nitrogens with zero attached hydrogens (tertiary/aromatic N) is 2. The number of urea groups is 1. The molecular formula is C11H22N2O3. The maximum Gasteiger partial charge on any atom is 0.320 e. The summed E-state index contributed by atoms with van der Waals surface area (Å²) in [5.74, 6) is -0.888. The summed E-state index contributed by atoms with van der Waals surface area (Å²) < 4.78 is 0. The zero-order valence-corrected chi connectivity index (χ0v) is 10.8. The van der Waals surface area contributed by atoms with E-state index in [4.69, 9.17) is 5.11 Å². The van der Waals surface area contributed by atoms with E-state index in [2.05, 4.69) is 0 Å². The highest BCUT2D eigenvalue weighted by atomic mass is 16.4. The fraction of sp³-hybridized carbons (Fsp3) is 0.818. The Balaban J connectivity index is 4.68.